The highest BCUT2D eigenvalue weighted by atomic mass is 16.6. The van der Waals surface area contributed by atoms with Gasteiger partial charge in [0.1, 0.15) is 17.8 Å². The fourth-order valence-electron chi connectivity index (χ4n) is 6.79. The first-order chi connectivity index (χ1) is 19.8. The third-order valence-electron chi connectivity index (χ3n) is 9.38. The van der Waals surface area contributed by atoms with Crippen molar-refractivity contribution in [3.63, 3.8) is 0 Å². The highest BCUT2D eigenvalue weighted by Crippen LogP contribution is 2.63. The molecule has 229 valence electrons. The van der Waals surface area contributed by atoms with Crippen molar-refractivity contribution in [1.82, 2.24) is 10.2 Å². The van der Waals surface area contributed by atoms with Crippen LogP contribution in [0.5, 0.6) is 0 Å². The van der Waals surface area contributed by atoms with Crippen LogP contribution in [0.1, 0.15) is 59.9 Å². The summed E-state index contributed by atoms with van der Waals surface area (Å²) in [6, 6.07) is 7.25. The average molecular weight is 584 g/mol. The number of carbonyl (C=O) groups is 2. The molecule has 1 saturated heterocycles. The Kier molecular flexibility index (Phi) is 8.57. The summed E-state index contributed by atoms with van der Waals surface area (Å²) >= 11 is 0. The maximum Gasteiger partial charge on any atom is 0.410 e. The highest BCUT2D eigenvalue weighted by molar-refractivity contribution is 6.30. The molecule has 2 bridgehead atoms. The number of amides is 2. The molecule has 1 aromatic heterocycles. The summed E-state index contributed by atoms with van der Waals surface area (Å²) in [5, 5.41) is 14.9. The number of alkyl carbamates (subject to hydrolysis) is 1. The Bertz CT molecular complexity index is 1280. The SMILES string of the molecule is CC(C)(C)OC(=O)N1CCOC[C@@H]1COC(=O)N[C@H]([B]O[C@]1(C)C(O)C[C@@H]2C[C@H]1C2(C)C)Cc1coc2ccccc12. The Morgan fingerprint density at radius 3 is 2.71 bits per heavy atom. The molecule has 1 aliphatic heterocycles. The van der Waals surface area contributed by atoms with Gasteiger partial charge >= 0.3 is 19.7 Å². The molecule has 42 heavy (non-hydrogen) atoms. The van der Waals surface area contributed by atoms with Crippen molar-refractivity contribution < 1.29 is 38.0 Å². The van der Waals surface area contributed by atoms with Gasteiger partial charge in [0, 0.05) is 17.9 Å². The van der Waals surface area contributed by atoms with Crippen molar-refractivity contribution in [2.45, 2.75) is 90.1 Å². The molecule has 2 heterocycles. The zero-order valence-electron chi connectivity index (χ0n) is 25.6. The van der Waals surface area contributed by atoms with E-state index in [4.69, 9.17) is 23.3 Å². The summed E-state index contributed by atoms with van der Waals surface area (Å²) in [6.45, 7) is 12.8. The molecule has 2 amide bonds. The summed E-state index contributed by atoms with van der Waals surface area (Å²) in [4.78, 5) is 27.4. The molecule has 1 radical (unpaired) electrons. The molecular weight excluding hydrogens is 539 g/mol. The Hall–Kier alpha value is -2.76. The number of nitrogens with one attached hydrogen (secondary N) is 1. The maximum atomic E-state index is 13.1. The lowest BCUT2D eigenvalue weighted by Crippen LogP contribution is -2.68. The minimum Gasteiger partial charge on any atom is -0.464 e. The first kappa shape index (κ1) is 30.7. The van der Waals surface area contributed by atoms with Crippen LogP contribution in [0.3, 0.4) is 0 Å². The molecule has 6 rings (SSSR count). The molecule has 2 aromatic rings. The van der Waals surface area contributed by atoms with Crippen molar-refractivity contribution in [1.29, 1.82) is 0 Å². The largest absolute Gasteiger partial charge is 0.464 e. The van der Waals surface area contributed by atoms with Gasteiger partial charge in [0.05, 0.1) is 37.2 Å². The van der Waals surface area contributed by atoms with Crippen LogP contribution in [0.25, 0.3) is 11.0 Å². The van der Waals surface area contributed by atoms with Crippen molar-refractivity contribution in [2.75, 3.05) is 26.4 Å². The van der Waals surface area contributed by atoms with Crippen molar-refractivity contribution in [3.05, 3.63) is 36.1 Å². The fourth-order valence-corrected chi connectivity index (χ4v) is 6.79. The fraction of sp³-hybridized carbons (Fsp3) is 0.677. The van der Waals surface area contributed by atoms with E-state index in [0.717, 1.165) is 23.0 Å². The van der Waals surface area contributed by atoms with Gasteiger partial charge in [-0.3, -0.25) is 4.90 Å². The number of morpholine rings is 1. The third-order valence-corrected chi connectivity index (χ3v) is 9.38. The van der Waals surface area contributed by atoms with Gasteiger partial charge in [0.25, 0.3) is 0 Å². The number of para-hydroxylation sites is 1. The average Bonchev–Trinajstić information content (AvgIpc) is 3.33. The molecule has 6 atom stereocenters. The van der Waals surface area contributed by atoms with E-state index in [1.807, 2.05) is 52.0 Å². The Morgan fingerprint density at radius 2 is 1.98 bits per heavy atom. The minimum atomic E-state index is -0.770. The molecular formula is C31H44BN2O8. The van der Waals surface area contributed by atoms with Crippen LogP contribution in [-0.2, 0) is 25.3 Å². The zero-order chi connectivity index (χ0) is 30.3. The molecule has 1 unspecified atom stereocenters. The van der Waals surface area contributed by atoms with E-state index in [1.165, 1.54) is 0 Å². The summed E-state index contributed by atoms with van der Waals surface area (Å²) in [6.07, 6.45) is 2.07. The van der Waals surface area contributed by atoms with E-state index in [2.05, 4.69) is 19.2 Å². The van der Waals surface area contributed by atoms with Crippen LogP contribution in [-0.4, -0.2) is 85.3 Å². The standard InChI is InChI=1S/C31H44BN2O8/c1-29(2,3)41-28(37)34-11-12-38-17-21(34)18-40-27(36)33-26(13-19-16-39-23-10-8-7-9-22(19)23)32-42-31(6)24-14-20(15-25(31)35)30(24,4)5/h7-10,16,20-21,24-26,35H,11-15,17-18H2,1-6H3,(H,33,36)/t20-,21+,24-,25?,26-,31-/m0/s1. The number of furan rings is 1. The van der Waals surface area contributed by atoms with E-state index in [-0.39, 0.29) is 24.5 Å². The van der Waals surface area contributed by atoms with Crippen LogP contribution in [0.15, 0.2) is 34.9 Å². The highest BCUT2D eigenvalue weighted by Gasteiger charge is 2.63. The van der Waals surface area contributed by atoms with E-state index >= 15 is 0 Å². The molecule has 4 fully saturated rings. The first-order valence-corrected chi connectivity index (χ1v) is 14.9. The van der Waals surface area contributed by atoms with Gasteiger partial charge in [-0.25, -0.2) is 9.59 Å². The van der Waals surface area contributed by atoms with Crippen molar-refractivity contribution in [3.8, 4) is 0 Å². The number of hydrogen-bond donors (Lipinski definition) is 2. The molecule has 1 aromatic carbocycles. The van der Waals surface area contributed by atoms with Crippen LogP contribution in [0.2, 0.25) is 0 Å². The van der Waals surface area contributed by atoms with E-state index in [0.29, 0.717) is 31.9 Å². The van der Waals surface area contributed by atoms with E-state index in [9.17, 15) is 14.7 Å². The van der Waals surface area contributed by atoms with Gasteiger partial charge in [-0.1, -0.05) is 32.0 Å². The monoisotopic (exact) mass is 583 g/mol. The number of carbonyl (C=O) groups excluding carboxylic acids is 2. The van der Waals surface area contributed by atoms with E-state index < -0.39 is 41.5 Å². The molecule has 10 nitrogen and oxygen atoms in total. The van der Waals surface area contributed by atoms with Gasteiger partial charge < -0.3 is 33.7 Å². The van der Waals surface area contributed by atoms with Gasteiger partial charge in [-0.2, -0.15) is 0 Å². The molecule has 3 saturated carbocycles. The lowest BCUT2D eigenvalue weighted by molar-refractivity contribution is -0.234. The lowest BCUT2D eigenvalue weighted by atomic mass is 9.43. The molecule has 4 aliphatic rings. The van der Waals surface area contributed by atoms with Crippen LogP contribution in [0.4, 0.5) is 9.59 Å². The minimum absolute atomic E-state index is 0.0542. The smallest absolute Gasteiger partial charge is 0.410 e. The number of benzene rings is 1. The van der Waals surface area contributed by atoms with Crippen LogP contribution < -0.4 is 5.32 Å². The van der Waals surface area contributed by atoms with Crippen LogP contribution >= 0.6 is 0 Å². The normalized spacial score (nSPS) is 29.4. The molecule has 2 N–H and O–H groups in total. The van der Waals surface area contributed by atoms with Crippen LogP contribution in [0, 0.1) is 17.3 Å². The van der Waals surface area contributed by atoms with Crippen molar-refractivity contribution in [2.24, 2.45) is 17.3 Å². The number of hydrogen-bond acceptors (Lipinski definition) is 8. The van der Waals surface area contributed by atoms with Gasteiger partial charge in [-0.05, 0) is 75.8 Å². The quantitative estimate of drug-likeness (QED) is 0.437. The second-order valence-corrected chi connectivity index (χ2v) is 13.7. The topological polar surface area (TPSA) is 120 Å². The second-order valence-electron chi connectivity index (χ2n) is 13.7. The lowest BCUT2D eigenvalue weighted by Gasteiger charge is -2.66. The summed E-state index contributed by atoms with van der Waals surface area (Å²) in [5.41, 5.74) is 0.328. The Morgan fingerprint density at radius 1 is 1.21 bits per heavy atom. The van der Waals surface area contributed by atoms with Gasteiger partial charge in [0.2, 0.25) is 0 Å². The predicted octanol–water partition coefficient (Wildman–Crippen LogP) is 4.48. The Labute approximate surface area is 248 Å². The number of aliphatic hydroxyl groups is 1. The zero-order valence-corrected chi connectivity index (χ0v) is 25.6. The number of fused-ring (bicyclic) bond motifs is 3. The summed E-state index contributed by atoms with van der Waals surface area (Å²) < 4.78 is 28.8. The van der Waals surface area contributed by atoms with Crippen molar-refractivity contribution >= 4 is 30.6 Å². The maximum absolute atomic E-state index is 13.1. The molecule has 11 heteroatoms. The second kappa shape index (κ2) is 11.7. The molecule has 0 spiro atoms. The number of aliphatic hydroxyl groups excluding tert-OH is 1. The van der Waals surface area contributed by atoms with Gasteiger partial charge in [-0.15, -0.1) is 0 Å². The number of nitrogens with zero attached hydrogens (tertiary/aromatic N) is 1. The van der Waals surface area contributed by atoms with Gasteiger partial charge in [0.15, 0.2) is 0 Å². The van der Waals surface area contributed by atoms with E-state index in [1.54, 1.807) is 18.6 Å². The third kappa shape index (κ3) is 6.28. The summed E-state index contributed by atoms with van der Waals surface area (Å²) in [7, 11) is 1.62. The number of ether oxygens (including phenoxy) is 3. The Balaban J connectivity index is 1.26. The first-order valence-electron chi connectivity index (χ1n) is 14.9. The predicted molar refractivity (Wildman–Crippen MR) is 157 cm³/mol. The summed E-state index contributed by atoms with van der Waals surface area (Å²) in [5.74, 6) is 0.106. The number of rotatable bonds is 8. The molecule has 3 aliphatic carbocycles.